The smallest absolute Gasteiger partial charge is 0.260 e. The number of hydrogen-bond acceptors (Lipinski definition) is 4. The Morgan fingerprint density at radius 2 is 2.20 bits per heavy atom. The van der Waals surface area contributed by atoms with E-state index in [0.29, 0.717) is 17.5 Å². The first-order chi connectivity index (χ1) is 9.52. The number of methoxy groups -OCH3 is 1. The summed E-state index contributed by atoms with van der Waals surface area (Å²) in [5, 5.41) is 0. The molecule has 1 fully saturated rings. The number of likely N-dealkylation sites (N-methyl/N-ethyl adjacent to an activating group) is 1. The van der Waals surface area contributed by atoms with Gasteiger partial charge >= 0.3 is 0 Å². The lowest BCUT2D eigenvalue weighted by Crippen LogP contribution is -2.33. The number of carbonyl (C=O) groups excluding carboxylic acids is 1. The molecule has 2 rings (SSSR count). The highest BCUT2D eigenvalue weighted by Crippen LogP contribution is 2.29. The van der Waals surface area contributed by atoms with Crippen molar-refractivity contribution in [3.8, 4) is 11.5 Å². The number of amides is 1. The average Bonchev–Trinajstić information content (AvgIpc) is 3.27. The van der Waals surface area contributed by atoms with Crippen LogP contribution in [0.25, 0.3) is 0 Å². The topological polar surface area (TPSA) is 64.8 Å². The first-order valence-corrected chi connectivity index (χ1v) is 6.85. The molecule has 1 unspecified atom stereocenters. The van der Waals surface area contributed by atoms with Crippen LogP contribution in [-0.2, 0) is 4.79 Å². The molecule has 1 aliphatic rings. The van der Waals surface area contributed by atoms with E-state index in [0.717, 1.165) is 18.4 Å². The first kappa shape index (κ1) is 14.7. The van der Waals surface area contributed by atoms with Crippen LogP contribution in [0.1, 0.15) is 31.4 Å². The maximum Gasteiger partial charge on any atom is 0.260 e. The largest absolute Gasteiger partial charge is 0.497 e. The maximum absolute atomic E-state index is 12.0. The summed E-state index contributed by atoms with van der Waals surface area (Å²) in [4.78, 5) is 13.7. The van der Waals surface area contributed by atoms with Gasteiger partial charge in [0.15, 0.2) is 6.61 Å². The minimum Gasteiger partial charge on any atom is -0.497 e. The second kappa shape index (κ2) is 6.13. The van der Waals surface area contributed by atoms with E-state index in [-0.39, 0.29) is 18.6 Å². The van der Waals surface area contributed by atoms with Gasteiger partial charge in [-0.3, -0.25) is 4.79 Å². The quantitative estimate of drug-likeness (QED) is 0.860. The molecule has 5 heteroatoms. The molecule has 0 saturated heterocycles. The molecule has 1 amide bonds. The Balaban J connectivity index is 2.04. The molecular weight excluding hydrogens is 256 g/mol. The number of carbonyl (C=O) groups is 1. The zero-order valence-electron chi connectivity index (χ0n) is 12.3. The van der Waals surface area contributed by atoms with Crippen molar-refractivity contribution in [2.24, 2.45) is 5.73 Å². The van der Waals surface area contributed by atoms with Gasteiger partial charge in [0, 0.05) is 30.8 Å². The number of ether oxygens (including phenoxy) is 2. The summed E-state index contributed by atoms with van der Waals surface area (Å²) in [6.45, 7) is 1.91. The Morgan fingerprint density at radius 1 is 1.50 bits per heavy atom. The molecule has 0 bridgehead atoms. The van der Waals surface area contributed by atoms with Crippen LogP contribution >= 0.6 is 0 Å². The molecule has 1 aromatic rings. The molecule has 0 radical (unpaired) electrons. The Hall–Kier alpha value is -1.75. The summed E-state index contributed by atoms with van der Waals surface area (Å²) in [6.07, 6.45) is 2.18. The molecule has 0 heterocycles. The number of benzene rings is 1. The zero-order chi connectivity index (χ0) is 14.7. The maximum atomic E-state index is 12.0. The third-order valence-electron chi connectivity index (χ3n) is 3.55. The molecule has 1 aliphatic carbocycles. The normalized spacial score (nSPS) is 15.6. The number of rotatable bonds is 6. The molecule has 110 valence electrons. The van der Waals surface area contributed by atoms with E-state index in [2.05, 4.69) is 0 Å². The fourth-order valence-corrected chi connectivity index (χ4v) is 2.05. The lowest BCUT2D eigenvalue weighted by molar-refractivity contribution is -0.132. The minimum absolute atomic E-state index is 0.00838. The van der Waals surface area contributed by atoms with Gasteiger partial charge in [-0.05, 0) is 25.8 Å². The van der Waals surface area contributed by atoms with Gasteiger partial charge in [-0.25, -0.2) is 0 Å². The molecule has 1 atom stereocenters. The van der Waals surface area contributed by atoms with Gasteiger partial charge in [0.05, 0.1) is 7.11 Å². The van der Waals surface area contributed by atoms with Crippen molar-refractivity contribution in [1.29, 1.82) is 0 Å². The molecular formula is C15H22N2O3. The van der Waals surface area contributed by atoms with Crippen LogP contribution in [0, 0.1) is 0 Å². The highest BCUT2D eigenvalue weighted by molar-refractivity contribution is 5.78. The molecule has 2 N–H and O–H groups in total. The van der Waals surface area contributed by atoms with Gasteiger partial charge in [0.2, 0.25) is 0 Å². The summed E-state index contributed by atoms with van der Waals surface area (Å²) < 4.78 is 10.8. The van der Waals surface area contributed by atoms with Gasteiger partial charge in [-0.2, -0.15) is 0 Å². The Kier molecular flexibility index (Phi) is 4.49. The number of nitrogens with two attached hydrogens (primary N) is 1. The van der Waals surface area contributed by atoms with Crippen LogP contribution in [0.5, 0.6) is 11.5 Å². The molecule has 20 heavy (non-hydrogen) atoms. The first-order valence-electron chi connectivity index (χ1n) is 6.85. The van der Waals surface area contributed by atoms with Crippen molar-refractivity contribution >= 4 is 5.91 Å². The highest BCUT2D eigenvalue weighted by atomic mass is 16.5. The zero-order valence-corrected chi connectivity index (χ0v) is 12.3. The van der Waals surface area contributed by atoms with Crippen LogP contribution < -0.4 is 15.2 Å². The van der Waals surface area contributed by atoms with Gasteiger partial charge in [0.25, 0.3) is 5.91 Å². The third-order valence-corrected chi connectivity index (χ3v) is 3.55. The van der Waals surface area contributed by atoms with E-state index >= 15 is 0 Å². The summed E-state index contributed by atoms with van der Waals surface area (Å²) in [5.74, 6) is 1.29. The minimum atomic E-state index is -0.160. The van der Waals surface area contributed by atoms with Crippen LogP contribution in [0.15, 0.2) is 18.2 Å². The molecule has 1 aromatic carbocycles. The molecule has 0 aliphatic heterocycles. The molecule has 5 nitrogen and oxygen atoms in total. The van der Waals surface area contributed by atoms with Crippen LogP contribution in [0.3, 0.4) is 0 Å². The van der Waals surface area contributed by atoms with Gasteiger partial charge < -0.3 is 20.1 Å². The number of hydrogen-bond donors (Lipinski definition) is 1. The van der Waals surface area contributed by atoms with E-state index in [4.69, 9.17) is 15.2 Å². The Labute approximate surface area is 119 Å². The van der Waals surface area contributed by atoms with Crippen LogP contribution in [-0.4, -0.2) is 37.6 Å². The van der Waals surface area contributed by atoms with Crippen molar-refractivity contribution in [3.05, 3.63) is 23.8 Å². The summed E-state index contributed by atoms with van der Waals surface area (Å²) >= 11 is 0. The fraction of sp³-hybridized carbons (Fsp3) is 0.533. The number of nitrogens with zero attached hydrogens (tertiary/aromatic N) is 1. The van der Waals surface area contributed by atoms with E-state index in [1.165, 1.54) is 0 Å². The molecule has 0 spiro atoms. The van der Waals surface area contributed by atoms with Crippen LogP contribution in [0.2, 0.25) is 0 Å². The third kappa shape index (κ3) is 3.42. The van der Waals surface area contributed by atoms with Crippen molar-refractivity contribution in [1.82, 2.24) is 4.90 Å². The SMILES string of the molecule is COc1ccc(C(C)N)c(OCC(=O)N(C)C2CC2)c1. The Morgan fingerprint density at radius 3 is 2.75 bits per heavy atom. The van der Waals surface area contributed by atoms with E-state index in [1.54, 1.807) is 18.1 Å². The lowest BCUT2D eigenvalue weighted by atomic mass is 10.1. The van der Waals surface area contributed by atoms with Crippen molar-refractivity contribution < 1.29 is 14.3 Å². The van der Waals surface area contributed by atoms with Crippen LogP contribution in [0.4, 0.5) is 0 Å². The van der Waals surface area contributed by atoms with E-state index < -0.39 is 0 Å². The van der Waals surface area contributed by atoms with Gasteiger partial charge in [-0.15, -0.1) is 0 Å². The molecule has 0 aromatic heterocycles. The van der Waals surface area contributed by atoms with Gasteiger partial charge in [0.1, 0.15) is 11.5 Å². The van der Waals surface area contributed by atoms with Crippen molar-refractivity contribution in [3.63, 3.8) is 0 Å². The van der Waals surface area contributed by atoms with E-state index in [9.17, 15) is 4.79 Å². The second-order valence-corrected chi connectivity index (χ2v) is 5.22. The molecule has 1 saturated carbocycles. The monoisotopic (exact) mass is 278 g/mol. The van der Waals surface area contributed by atoms with E-state index in [1.807, 2.05) is 26.1 Å². The summed E-state index contributed by atoms with van der Waals surface area (Å²) in [7, 11) is 3.41. The highest BCUT2D eigenvalue weighted by Gasteiger charge is 2.29. The summed E-state index contributed by atoms with van der Waals surface area (Å²) in [5.41, 5.74) is 6.78. The predicted molar refractivity (Wildman–Crippen MR) is 76.9 cm³/mol. The lowest BCUT2D eigenvalue weighted by Gasteiger charge is -2.19. The standard InChI is InChI=1S/C15H22N2O3/c1-10(16)13-7-6-12(19-3)8-14(13)20-9-15(18)17(2)11-4-5-11/h6-8,10-11H,4-5,9,16H2,1-3H3. The van der Waals surface area contributed by atoms with Crippen molar-refractivity contribution in [2.45, 2.75) is 31.8 Å². The second-order valence-electron chi connectivity index (χ2n) is 5.22. The van der Waals surface area contributed by atoms with Crippen molar-refractivity contribution in [2.75, 3.05) is 20.8 Å². The van der Waals surface area contributed by atoms with Gasteiger partial charge in [-0.1, -0.05) is 6.07 Å². The fourth-order valence-electron chi connectivity index (χ4n) is 2.05. The Bertz CT molecular complexity index is 484. The average molecular weight is 278 g/mol. The predicted octanol–water partition coefficient (Wildman–Crippen LogP) is 1.71. The summed E-state index contributed by atoms with van der Waals surface area (Å²) in [6, 6.07) is 5.71.